The van der Waals surface area contributed by atoms with Crippen LogP contribution in [0.4, 0.5) is 0 Å². The zero-order valence-electron chi connectivity index (χ0n) is 15.5. The van der Waals surface area contributed by atoms with Crippen molar-refractivity contribution in [3.05, 3.63) is 71.9 Å². The summed E-state index contributed by atoms with van der Waals surface area (Å²) in [7, 11) is -1.73. The zero-order chi connectivity index (χ0) is 19.4. The molecule has 136 valence electrons. The van der Waals surface area contributed by atoms with Crippen LogP contribution in [0.3, 0.4) is 0 Å². The first-order chi connectivity index (χ1) is 12.2. The Labute approximate surface area is 155 Å². The summed E-state index contributed by atoms with van der Waals surface area (Å²) in [5.74, 6) is -1.75. The van der Waals surface area contributed by atoms with Crippen LogP contribution < -0.4 is 10.4 Å². The molecule has 2 aromatic carbocycles. The number of esters is 1. The van der Waals surface area contributed by atoms with Crippen LogP contribution in [0.15, 0.2) is 71.9 Å². The van der Waals surface area contributed by atoms with Gasteiger partial charge in [0.1, 0.15) is 0 Å². The smallest absolute Gasteiger partial charge is 0.330 e. The molecule has 0 unspecified atom stereocenters. The Morgan fingerprint density at radius 1 is 0.923 bits per heavy atom. The van der Waals surface area contributed by atoms with Gasteiger partial charge in [0, 0.05) is 11.3 Å². The Hall–Kier alpha value is -2.66. The van der Waals surface area contributed by atoms with Crippen molar-refractivity contribution in [2.45, 2.75) is 25.8 Å². The van der Waals surface area contributed by atoms with E-state index >= 15 is 0 Å². The van der Waals surface area contributed by atoms with Gasteiger partial charge in [-0.2, -0.15) is 0 Å². The SMILES string of the molecule is COC(=O)/C(=C/C(=O)O)[Si](c1ccccc1)(c1ccccc1)C(C)(C)C. The molecule has 0 fully saturated rings. The normalized spacial score (nSPS) is 12.5. The van der Waals surface area contributed by atoms with Crippen molar-refractivity contribution < 1.29 is 19.4 Å². The zero-order valence-corrected chi connectivity index (χ0v) is 16.5. The summed E-state index contributed by atoms with van der Waals surface area (Å²) in [5, 5.41) is 11.3. The molecule has 0 spiro atoms. The number of hydrogen-bond donors (Lipinski definition) is 1. The lowest BCUT2D eigenvalue weighted by atomic mass is 10.2. The quantitative estimate of drug-likeness (QED) is 0.501. The second-order valence-corrected chi connectivity index (χ2v) is 11.8. The van der Waals surface area contributed by atoms with Crippen LogP contribution in [0.5, 0.6) is 0 Å². The van der Waals surface area contributed by atoms with Gasteiger partial charge in [-0.3, -0.25) is 0 Å². The molecule has 0 aromatic heterocycles. The molecule has 0 amide bonds. The largest absolute Gasteiger partial charge is 0.478 e. The van der Waals surface area contributed by atoms with Crippen LogP contribution >= 0.6 is 0 Å². The van der Waals surface area contributed by atoms with E-state index in [-0.39, 0.29) is 10.2 Å². The third-order valence-corrected chi connectivity index (χ3v) is 10.4. The van der Waals surface area contributed by atoms with Crippen molar-refractivity contribution in [3.63, 3.8) is 0 Å². The van der Waals surface area contributed by atoms with E-state index in [4.69, 9.17) is 4.74 Å². The maximum atomic E-state index is 12.8. The summed E-state index contributed by atoms with van der Waals surface area (Å²) >= 11 is 0. The fourth-order valence-corrected chi connectivity index (χ4v) is 9.31. The molecule has 0 saturated heterocycles. The first-order valence-electron chi connectivity index (χ1n) is 8.39. The van der Waals surface area contributed by atoms with Gasteiger partial charge in [-0.25, -0.2) is 9.59 Å². The minimum Gasteiger partial charge on any atom is -0.478 e. The molecule has 2 rings (SSSR count). The molecule has 0 aliphatic rings. The minimum absolute atomic E-state index is 0.234. The predicted octanol–water partition coefficient (Wildman–Crippen LogP) is 2.77. The number of carboxylic acids is 1. The van der Waals surface area contributed by atoms with Gasteiger partial charge in [0.25, 0.3) is 0 Å². The Morgan fingerprint density at radius 2 is 1.35 bits per heavy atom. The number of carbonyl (C=O) groups is 2. The summed E-state index contributed by atoms with van der Waals surface area (Å²) in [6.07, 6.45) is 1.03. The lowest BCUT2D eigenvalue weighted by Gasteiger charge is -2.44. The molecule has 0 heterocycles. The van der Waals surface area contributed by atoms with Gasteiger partial charge >= 0.3 is 11.9 Å². The molecule has 5 heteroatoms. The second kappa shape index (κ2) is 7.70. The molecule has 1 N–H and O–H groups in total. The van der Waals surface area contributed by atoms with Crippen LogP contribution in [0, 0.1) is 0 Å². The van der Waals surface area contributed by atoms with E-state index in [0.29, 0.717) is 0 Å². The number of benzene rings is 2. The highest BCUT2D eigenvalue weighted by molar-refractivity contribution is 7.11. The van der Waals surface area contributed by atoms with Crippen molar-refractivity contribution in [3.8, 4) is 0 Å². The van der Waals surface area contributed by atoms with E-state index < -0.39 is 20.0 Å². The third kappa shape index (κ3) is 3.48. The molecule has 0 saturated carbocycles. The molecule has 0 bridgehead atoms. The Kier molecular flexibility index (Phi) is 5.82. The second-order valence-electron chi connectivity index (χ2n) is 7.12. The van der Waals surface area contributed by atoms with Gasteiger partial charge < -0.3 is 9.84 Å². The highest BCUT2D eigenvalue weighted by Gasteiger charge is 2.53. The number of ether oxygens (including phenoxy) is 1. The van der Waals surface area contributed by atoms with Crippen LogP contribution in [0.2, 0.25) is 5.04 Å². The number of methoxy groups -OCH3 is 1. The van der Waals surface area contributed by atoms with Crippen molar-refractivity contribution in [2.75, 3.05) is 7.11 Å². The predicted molar refractivity (Wildman–Crippen MR) is 105 cm³/mol. The summed E-state index contributed by atoms with van der Waals surface area (Å²) in [5.41, 5.74) is 0. The van der Waals surface area contributed by atoms with Gasteiger partial charge in [-0.1, -0.05) is 81.4 Å². The summed E-state index contributed by atoms with van der Waals surface area (Å²) in [6.45, 7) is 6.16. The lowest BCUT2D eigenvalue weighted by Crippen LogP contribution is -2.67. The van der Waals surface area contributed by atoms with Crippen LogP contribution in [0.1, 0.15) is 20.8 Å². The first-order valence-corrected chi connectivity index (χ1v) is 10.4. The average Bonchev–Trinajstić information content (AvgIpc) is 2.61. The fourth-order valence-electron chi connectivity index (χ4n) is 3.68. The monoisotopic (exact) mass is 368 g/mol. The molecule has 0 aliphatic heterocycles. The highest BCUT2D eigenvalue weighted by atomic mass is 28.3. The third-order valence-electron chi connectivity index (χ3n) is 4.62. The lowest BCUT2D eigenvalue weighted by molar-refractivity contribution is -0.136. The van der Waals surface area contributed by atoms with Gasteiger partial charge in [0.15, 0.2) is 8.07 Å². The Bertz CT molecular complexity index is 765. The number of hydrogen-bond acceptors (Lipinski definition) is 3. The van der Waals surface area contributed by atoms with Gasteiger partial charge in [0.2, 0.25) is 0 Å². The fraction of sp³-hybridized carbons (Fsp3) is 0.238. The van der Waals surface area contributed by atoms with E-state index in [1.165, 1.54) is 7.11 Å². The molecule has 0 aliphatic carbocycles. The molecule has 2 aromatic rings. The average molecular weight is 369 g/mol. The number of aliphatic carboxylic acids is 1. The van der Waals surface area contributed by atoms with Gasteiger partial charge in [-0.05, 0) is 15.4 Å². The van der Waals surface area contributed by atoms with E-state index in [2.05, 4.69) is 20.8 Å². The molecule has 4 nitrogen and oxygen atoms in total. The summed E-state index contributed by atoms with van der Waals surface area (Å²) < 4.78 is 5.02. The van der Waals surface area contributed by atoms with E-state index in [9.17, 15) is 14.7 Å². The molecular weight excluding hydrogens is 344 g/mol. The summed E-state index contributed by atoms with van der Waals surface area (Å²) in [4.78, 5) is 24.4. The molecular formula is C21H24O4Si. The molecule has 26 heavy (non-hydrogen) atoms. The van der Waals surface area contributed by atoms with Crippen molar-refractivity contribution in [2.24, 2.45) is 0 Å². The molecule has 0 radical (unpaired) electrons. The minimum atomic E-state index is -3.02. The van der Waals surface area contributed by atoms with Gasteiger partial charge in [-0.15, -0.1) is 0 Å². The number of carboxylic acid groups (broad SMARTS) is 1. The van der Waals surface area contributed by atoms with Crippen molar-refractivity contribution >= 4 is 30.4 Å². The van der Waals surface area contributed by atoms with E-state index in [1.807, 2.05) is 60.7 Å². The standard InChI is InChI=1S/C21H24O4Si/c1-21(2,3)26(16-11-7-5-8-12-16,17-13-9-6-10-14-17)18(15-19(22)23)20(24)25-4/h5-15H,1-4H3,(H,22,23)/b18-15-. The van der Waals surface area contributed by atoms with Crippen LogP contribution in [0.25, 0.3) is 0 Å². The first kappa shape index (κ1) is 19.7. The van der Waals surface area contributed by atoms with Crippen LogP contribution in [-0.4, -0.2) is 32.2 Å². The number of carbonyl (C=O) groups excluding carboxylic acids is 1. The number of rotatable bonds is 5. The van der Waals surface area contributed by atoms with Gasteiger partial charge in [0.05, 0.1) is 7.11 Å². The van der Waals surface area contributed by atoms with Crippen molar-refractivity contribution in [1.29, 1.82) is 0 Å². The highest BCUT2D eigenvalue weighted by Crippen LogP contribution is 2.40. The Morgan fingerprint density at radius 3 is 1.65 bits per heavy atom. The van der Waals surface area contributed by atoms with Crippen molar-refractivity contribution in [1.82, 2.24) is 0 Å². The topological polar surface area (TPSA) is 63.6 Å². The van der Waals surface area contributed by atoms with Crippen LogP contribution in [-0.2, 0) is 14.3 Å². The Balaban J connectivity index is 3.01. The maximum Gasteiger partial charge on any atom is 0.330 e. The van der Waals surface area contributed by atoms with E-state index in [0.717, 1.165) is 16.4 Å². The molecule has 0 atom stereocenters. The maximum absolute atomic E-state index is 12.8. The summed E-state index contributed by atoms with van der Waals surface area (Å²) in [6, 6.07) is 19.4. The van der Waals surface area contributed by atoms with E-state index in [1.54, 1.807) is 0 Å².